The maximum absolute atomic E-state index is 10.6. The minimum absolute atomic E-state index is 0.142. The second-order valence-corrected chi connectivity index (χ2v) is 5.12. The Morgan fingerprint density at radius 2 is 2.18 bits per heavy atom. The van der Waals surface area contributed by atoms with Crippen LogP contribution in [0.5, 0.6) is 0 Å². The maximum Gasteiger partial charge on any atom is 0.270 e. The van der Waals surface area contributed by atoms with Gasteiger partial charge in [0.2, 0.25) is 0 Å². The van der Waals surface area contributed by atoms with Crippen molar-refractivity contribution in [1.82, 2.24) is 0 Å². The molecule has 0 bridgehead atoms. The molecule has 0 saturated heterocycles. The first kappa shape index (κ1) is 14.2. The lowest BCUT2D eigenvalue weighted by Crippen LogP contribution is -2.18. The van der Waals surface area contributed by atoms with Crippen LogP contribution in [0.15, 0.2) is 18.2 Å². The maximum atomic E-state index is 10.6. The minimum Gasteiger partial charge on any atom is -0.381 e. The smallest absolute Gasteiger partial charge is 0.270 e. The molecule has 0 aromatic heterocycles. The summed E-state index contributed by atoms with van der Waals surface area (Å²) in [5, 5.41) is 14.1. The number of benzene rings is 1. The molecule has 0 aliphatic heterocycles. The van der Waals surface area contributed by atoms with Gasteiger partial charge in [-0.15, -0.1) is 0 Å². The fourth-order valence-corrected chi connectivity index (χ4v) is 2.34. The van der Waals surface area contributed by atoms with Crippen LogP contribution in [0.2, 0.25) is 0 Å². The number of nitro benzene ring substituents is 1. The molecule has 4 nitrogen and oxygen atoms in total. The first-order valence-corrected chi connectivity index (χ1v) is 6.86. The van der Waals surface area contributed by atoms with Crippen LogP contribution in [0, 0.1) is 13.7 Å². The van der Waals surface area contributed by atoms with E-state index in [0.717, 1.165) is 28.5 Å². The second-order valence-electron chi connectivity index (χ2n) is 3.96. The molecular weight excluding hydrogens is 331 g/mol. The van der Waals surface area contributed by atoms with Crippen molar-refractivity contribution < 1.29 is 4.92 Å². The zero-order valence-corrected chi connectivity index (χ0v) is 12.2. The Morgan fingerprint density at radius 1 is 1.47 bits per heavy atom. The predicted molar refractivity (Wildman–Crippen MR) is 78.4 cm³/mol. The summed E-state index contributed by atoms with van der Waals surface area (Å²) in [5.41, 5.74) is 1.12. The largest absolute Gasteiger partial charge is 0.381 e. The molecule has 0 fully saturated rings. The number of non-ortho nitro benzene ring substituents is 1. The van der Waals surface area contributed by atoms with Gasteiger partial charge >= 0.3 is 0 Å². The van der Waals surface area contributed by atoms with Gasteiger partial charge in [0, 0.05) is 27.4 Å². The van der Waals surface area contributed by atoms with Gasteiger partial charge in [-0.25, -0.2) is 0 Å². The van der Waals surface area contributed by atoms with E-state index in [2.05, 4.69) is 41.8 Å². The van der Waals surface area contributed by atoms with Crippen LogP contribution in [0.25, 0.3) is 0 Å². The molecule has 0 spiro atoms. The highest BCUT2D eigenvalue weighted by molar-refractivity contribution is 14.1. The van der Waals surface area contributed by atoms with Crippen molar-refractivity contribution in [2.45, 2.75) is 39.2 Å². The van der Waals surface area contributed by atoms with Gasteiger partial charge in [0.1, 0.15) is 0 Å². The molecular formula is C12H17IN2O2. The number of nitrogens with zero attached hydrogens (tertiary/aromatic N) is 1. The zero-order chi connectivity index (χ0) is 12.8. The molecule has 0 aliphatic rings. The van der Waals surface area contributed by atoms with Crippen LogP contribution in [0.3, 0.4) is 0 Å². The number of rotatable bonds is 6. The molecule has 1 aromatic rings. The summed E-state index contributed by atoms with van der Waals surface area (Å²) in [4.78, 5) is 10.3. The fourth-order valence-electron chi connectivity index (χ4n) is 1.68. The molecule has 0 saturated carbocycles. The van der Waals surface area contributed by atoms with Crippen molar-refractivity contribution in [3.8, 4) is 0 Å². The molecule has 0 amide bonds. The van der Waals surface area contributed by atoms with E-state index >= 15 is 0 Å². The van der Waals surface area contributed by atoms with Gasteiger partial charge in [0.15, 0.2) is 0 Å². The van der Waals surface area contributed by atoms with Crippen molar-refractivity contribution >= 4 is 34.0 Å². The number of nitrogens with one attached hydrogen (secondary N) is 1. The highest BCUT2D eigenvalue weighted by Crippen LogP contribution is 2.25. The Morgan fingerprint density at radius 3 is 2.65 bits per heavy atom. The van der Waals surface area contributed by atoms with Crippen LogP contribution in [0.4, 0.5) is 11.4 Å². The topological polar surface area (TPSA) is 55.2 Å². The van der Waals surface area contributed by atoms with Gasteiger partial charge in [0.25, 0.3) is 5.69 Å². The number of anilines is 1. The lowest BCUT2D eigenvalue weighted by Gasteiger charge is -2.18. The third kappa shape index (κ3) is 4.14. The molecule has 0 heterocycles. The summed E-state index contributed by atoms with van der Waals surface area (Å²) in [6.07, 6.45) is 3.31. The average molecular weight is 348 g/mol. The first-order valence-electron chi connectivity index (χ1n) is 5.79. The second kappa shape index (κ2) is 6.78. The normalized spacial score (nSPS) is 12.2. The highest BCUT2D eigenvalue weighted by atomic mass is 127. The Bertz CT molecular complexity index is 396. The SMILES string of the molecule is CCCC(CC)Nc1ccc([N+](=O)[O-])cc1I. The van der Waals surface area contributed by atoms with Crippen LogP contribution in [-0.4, -0.2) is 11.0 Å². The van der Waals surface area contributed by atoms with Crippen LogP contribution in [-0.2, 0) is 0 Å². The molecule has 0 aliphatic carbocycles. The van der Waals surface area contributed by atoms with Crippen molar-refractivity contribution in [2.75, 3.05) is 5.32 Å². The summed E-state index contributed by atoms with van der Waals surface area (Å²) in [6, 6.07) is 5.37. The molecule has 1 unspecified atom stereocenters. The Labute approximate surface area is 115 Å². The number of hydrogen-bond acceptors (Lipinski definition) is 3. The summed E-state index contributed by atoms with van der Waals surface area (Å²) >= 11 is 2.13. The van der Waals surface area contributed by atoms with Crippen molar-refractivity contribution in [3.05, 3.63) is 31.9 Å². The summed E-state index contributed by atoms with van der Waals surface area (Å²) in [5.74, 6) is 0. The van der Waals surface area contributed by atoms with E-state index in [1.54, 1.807) is 18.2 Å². The molecule has 5 heteroatoms. The van der Waals surface area contributed by atoms with Gasteiger partial charge < -0.3 is 5.32 Å². The minimum atomic E-state index is -0.366. The standard InChI is InChI=1S/C12H17IN2O2/c1-3-5-9(4-2)14-12-7-6-10(15(16)17)8-11(12)13/h6-9,14H,3-5H2,1-2H3. The summed E-state index contributed by atoms with van der Waals surface area (Å²) in [7, 11) is 0. The van der Waals surface area contributed by atoms with E-state index in [0.29, 0.717) is 6.04 Å². The molecule has 1 N–H and O–H groups in total. The van der Waals surface area contributed by atoms with Crippen LogP contribution in [0.1, 0.15) is 33.1 Å². The third-order valence-electron chi connectivity index (χ3n) is 2.65. The number of halogens is 1. The van der Waals surface area contributed by atoms with Gasteiger partial charge in [-0.05, 0) is 41.5 Å². The lowest BCUT2D eigenvalue weighted by atomic mass is 10.1. The van der Waals surface area contributed by atoms with Gasteiger partial charge in [0.05, 0.1) is 4.92 Å². The van der Waals surface area contributed by atoms with Crippen molar-refractivity contribution in [2.24, 2.45) is 0 Å². The molecule has 1 aromatic carbocycles. The zero-order valence-electron chi connectivity index (χ0n) is 10.1. The predicted octanol–water partition coefficient (Wildman–Crippen LogP) is 4.19. The Hall–Kier alpha value is -0.850. The Kier molecular flexibility index (Phi) is 5.67. The summed E-state index contributed by atoms with van der Waals surface area (Å²) < 4.78 is 0.895. The number of hydrogen-bond donors (Lipinski definition) is 1. The first-order chi connectivity index (χ1) is 8.08. The van der Waals surface area contributed by atoms with E-state index in [1.165, 1.54) is 0 Å². The monoisotopic (exact) mass is 348 g/mol. The molecule has 17 heavy (non-hydrogen) atoms. The van der Waals surface area contributed by atoms with E-state index in [9.17, 15) is 10.1 Å². The molecule has 1 atom stereocenters. The lowest BCUT2D eigenvalue weighted by molar-refractivity contribution is -0.384. The number of nitro groups is 1. The molecule has 0 radical (unpaired) electrons. The quantitative estimate of drug-likeness (QED) is 0.476. The van der Waals surface area contributed by atoms with E-state index in [-0.39, 0.29) is 10.6 Å². The van der Waals surface area contributed by atoms with Gasteiger partial charge in [-0.2, -0.15) is 0 Å². The van der Waals surface area contributed by atoms with Crippen LogP contribution < -0.4 is 5.32 Å². The Balaban J connectivity index is 2.81. The van der Waals surface area contributed by atoms with Crippen LogP contribution >= 0.6 is 22.6 Å². The van der Waals surface area contributed by atoms with Crippen molar-refractivity contribution in [1.29, 1.82) is 0 Å². The summed E-state index contributed by atoms with van der Waals surface area (Å²) in [6.45, 7) is 4.30. The average Bonchev–Trinajstić information content (AvgIpc) is 2.30. The van der Waals surface area contributed by atoms with E-state index < -0.39 is 0 Å². The molecule has 1 rings (SSSR count). The van der Waals surface area contributed by atoms with Crippen molar-refractivity contribution in [3.63, 3.8) is 0 Å². The fraction of sp³-hybridized carbons (Fsp3) is 0.500. The highest BCUT2D eigenvalue weighted by Gasteiger charge is 2.11. The molecule has 94 valence electrons. The van der Waals surface area contributed by atoms with E-state index in [4.69, 9.17) is 0 Å². The van der Waals surface area contributed by atoms with Gasteiger partial charge in [-0.3, -0.25) is 10.1 Å². The van der Waals surface area contributed by atoms with E-state index in [1.807, 2.05) is 0 Å². The van der Waals surface area contributed by atoms with Gasteiger partial charge in [-0.1, -0.05) is 20.3 Å². The third-order valence-corrected chi connectivity index (χ3v) is 3.55.